The van der Waals surface area contributed by atoms with E-state index in [1.807, 2.05) is 6.92 Å². The van der Waals surface area contributed by atoms with Gasteiger partial charge >= 0.3 is 5.97 Å². The lowest BCUT2D eigenvalue weighted by molar-refractivity contribution is -0.147. The minimum atomic E-state index is -0.667. The predicted molar refractivity (Wildman–Crippen MR) is 51.7 cm³/mol. The normalized spacial score (nSPS) is 30.8. The fourth-order valence-electron chi connectivity index (χ4n) is 1.71. The summed E-state index contributed by atoms with van der Waals surface area (Å²) >= 11 is 0. The first-order chi connectivity index (χ1) is 5.76. The van der Waals surface area contributed by atoms with Gasteiger partial charge in [-0.15, -0.1) is 0 Å². The van der Waals surface area contributed by atoms with E-state index in [1.165, 1.54) is 0 Å². The van der Waals surface area contributed by atoms with E-state index in [9.17, 15) is 4.79 Å². The van der Waals surface area contributed by atoms with Crippen LogP contribution in [0.5, 0.6) is 0 Å². The summed E-state index contributed by atoms with van der Waals surface area (Å²) in [7, 11) is 0. The maximum absolute atomic E-state index is 11.0. The summed E-state index contributed by atoms with van der Waals surface area (Å²) in [5.74, 6) is -0.667. The van der Waals surface area contributed by atoms with Crippen LogP contribution in [0, 0.1) is 5.41 Å². The monoisotopic (exact) mass is 185 g/mol. The first-order valence-electron chi connectivity index (χ1n) is 4.74. The van der Waals surface area contributed by atoms with Gasteiger partial charge in [-0.1, -0.05) is 0 Å². The van der Waals surface area contributed by atoms with Crippen molar-refractivity contribution >= 4 is 5.97 Å². The van der Waals surface area contributed by atoms with E-state index in [2.05, 4.69) is 25.7 Å². The van der Waals surface area contributed by atoms with E-state index < -0.39 is 11.4 Å². The van der Waals surface area contributed by atoms with Gasteiger partial charge in [0.15, 0.2) is 0 Å². The molecule has 76 valence electrons. The molecule has 1 atom stereocenters. The Kier molecular flexibility index (Phi) is 2.41. The second-order valence-corrected chi connectivity index (χ2v) is 5.21. The molecule has 0 aromatic heterocycles. The van der Waals surface area contributed by atoms with Crippen LogP contribution >= 0.6 is 0 Å². The molecule has 1 aliphatic rings. The third kappa shape index (κ3) is 2.02. The lowest BCUT2D eigenvalue weighted by atomic mass is 9.90. The van der Waals surface area contributed by atoms with Gasteiger partial charge in [0.2, 0.25) is 0 Å². The van der Waals surface area contributed by atoms with Crippen LogP contribution in [-0.4, -0.2) is 34.6 Å². The van der Waals surface area contributed by atoms with Crippen LogP contribution in [0.2, 0.25) is 0 Å². The number of rotatable bonds is 1. The zero-order valence-electron chi connectivity index (χ0n) is 8.92. The fraction of sp³-hybridized carbons (Fsp3) is 0.900. The summed E-state index contributed by atoms with van der Waals surface area (Å²) in [4.78, 5) is 13.2. The maximum Gasteiger partial charge on any atom is 0.310 e. The smallest absolute Gasteiger partial charge is 0.310 e. The molecule has 0 spiro atoms. The van der Waals surface area contributed by atoms with Crippen molar-refractivity contribution in [2.75, 3.05) is 13.1 Å². The quantitative estimate of drug-likeness (QED) is 0.674. The summed E-state index contributed by atoms with van der Waals surface area (Å²) in [6, 6.07) is 0. The lowest BCUT2D eigenvalue weighted by Crippen LogP contribution is -2.42. The van der Waals surface area contributed by atoms with Crippen molar-refractivity contribution in [1.29, 1.82) is 0 Å². The average Bonchev–Trinajstić information content (AvgIpc) is 2.31. The van der Waals surface area contributed by atoms with E-state index in [1.54, 1.807) is 0 Å². The fourth-order valence-corrected chi connectivity index (χ4v) is 1.71. The molecule has 0 bridgehead atoms. The molecule has 0 aromatic rings. The van der Waals surface area contributed by atoms with E-state index in [0.717, 1.165) is 13.0 Å². The maximum atomic E-state index is 11.0. The van der Waals surface area contributed by atoms with Crippen molar-refractivity contribution in [3.8, 4) is 0 Å². The molecule has 0 saturated carbocycles. The van der Waals surface area contributed by atoms with E-state index >= 15 is 0 Å². The second kappa shape index (κ2) is 2.98. The summed E-state index contributed by atoms with van der Waals surface area (Å²) in [6.07, 6.45) is 0.763. The number of aliphatic carboxylic acids is 1. The van der Waals surface area contributed by atoms with Gasteiger partial charge in [-0.3, -0.25) is 9.69 Å². The standard InChI is InChI=1S/C10H19NO2/c1-9(2,3)11-6-5-10(4,7-11)8(12)13/h5-7H2,1-4H3,(H,12,13). The van der Waals surface area contributed by atoms with Gasteiger partial charge in [0.1, 0.15) is 0 Å². The van der Waals surface area contributed by atoms with Crippen LogP contribution < -0.4 is 0 Å². The van der Waals surface area contributed by atoms with Crippen molar-refractivity contribution in [1.82, 2.24) is 4.90 Å². The number of hydrogen-bond donors (Lipinski definition) is 1. The third-order valence-electron chi connectivity index (χ3n) is 2.94. The van der Waals surface area contributed by atoms with Crippen molar-refractivity contribution < 1.29 is 9.90 Å². The Bertz CT molecular complexity index is 219. The Hall–Kier alpha value is -0.570. The minimum absolute atomic E-state index is 0.0905. The Morgan fingerprint density at radius 2 is 2.00 bits per heavy atom. The summed E-state index contributed by atoms with van der Waals surface area (Å²) in [5, 5.41) is 9.03. The van der Waals surface area contributed by atoms with E-state index in [4.69, 9.17) is 5.11 Å². The Morgan fingerprint density at radius 3 is 2.23 bits per heavy atom. The SMILES string of the molecule is CC1(C(=O)O)CCN(C(C)(C)C)C1. The first kappa shape index (κ1) is 10.5. The molecule has 0 aromatic carbocycles. The predicted octanol–water partition coefficient (Wildman–Crippen LogP) is 1.58. The van der Waals surface area contributed by atoms with Gasteiger partial charge < -0.3 is 5.11 Å². The van der Waals surface area contributed by atoms with Crippen LogP contribution in [0.3, 0.4) is 0 Å². The van der Waals surface area contributed by atoms with Crippen molar-refractivity contribution in [3.63, 3.8) is 0 Å². The highest BCUT2D eigenvalue weighted by Crippen LogP contribution is 2.33. The van der Waals surface area contributed by atoms with Gasteiger partial charge in [-0.25, -0.2) is 0 Å². The second-order valence-electron chi connectivity index (χ2n) is 5.21. The van der Waals surface area contributed by atoms with Gasteiger partial charge in [-0.05, 0) is 40.7 Å². The molecule has 1 N–H and O–H groups in total. The van der Waals surface area contributed by atoms with Crippen molar-refractivity contribution in [2.45, 2.75) is 39.7 Å². The Labute approximate surface area is 79.7 Å². The van der Waals surface area contributed by atoms with Crippen LogP contribution in [-0.2, 0) is 4.79 Å². The molecule has 1 aliphatic heterocycles. The van der Waals surface area contributed by atoms with Crippen LogP contribution in [0.4, 0.5) is 0 Å². The molecule has 3 nitrogen and oxygen atoms in total. The highest BCUT2D eigenvalue weighted by Gasteiger charge is 2.43. The largest absolute Gasteiger partial charge is 0.481 e. The molecule has 1 heterocycles. The number of carboxylic acid groups (broad SMARTS) is 1. The number of nitrogens with zero attached hydrogens (tertiary/aromatic N) is 1. The molecule has 0 radical (unpaired) electrons. The third-order valence-corrected chi connectivity index (χ3v) is 2.94. The first-order valence-corrected chi connectivity index (χ1v) is 4.74. The van der Waals surface area contributed by atoms with Crippen LogP contribution in [0.1, 0.15) is 34.1 Å². The van der Waals surface area contributed by atoms with Gasteiger partial charge in [0.25, 0.3) is 0 Å². The highest BCUT2D eigenvalue weighted by molar-refractivity contribution is 5.74. The molecule has 1 saturated heterocycles. The molecule has 13 heavy (non-hydrogen) atoms. The zero-order valence-corrected chi connectivity index (χ0v) is 8.92. The minimum Gasteiger partial charge on any atom is -0.481 e. The highest BCUT2D eigenvalue weighted by atomic mass is 16.4. The lowest BCUT2D eigenvalue weighted by Gasteiger charge is -2.32. The van der Waals surface area contributed by atoms with Crippen LogP contribution in [0.25, 0.3) is 0 Å². The molecule has 3 heteroatoms. The summed E-state index contributed by atoms with van der Waals surface area (Å²) in [6.45, 7) is 9.78. The molecule has 0 amide bonds. The molecular formula is C10H19NO2. The van der Waals surface area contributed by atoms with Gasteiger partial charge in [-0.2, -0.15) is 0 Å². The van der Waals surface area contributed by atoms with Crippen molar-refractivity contribution in [2.24, 2.45) is 5.41 Å². The van der Waals surface area contributed by atoms with Gasteiger partial charge in [0, 0.05) is 12.1 Å². The molecule has 0 aliphatic carbocycles. The number of carbonyl (C=O) groups is 1. The topological polar surface area (TPSA) is 40.5 Å². The molecular weight excluding hydrogens is 166 g/mol. The summed E-state index contributed by atoms with van der Waals surface area (Å²) in [5.41, 5.74) is -0.444. The van der Waals surface area contributed by atoms with E-state index in [0.29, 0.717) is 6.54 Å². The summed E-state index contributed by atoms with van der Waals surface area (Å²) < 4.78 is 0. The van der Waals surface area contributed by atoms with Crippen LogP contribution in [0.15, 0.2) is 0 Å². The van der Waals surface area contributed by atoms with Gasteiger partial charge in [0.05, 0.1) is 5.41 Å². The molecule has 1 rings (SSSR count). The Morgan fingerprint density at radius 1 is 1.46 bits per heavy atom. The zero-order chi connectivity index (χ0) is 10.3. The van der Waals surface area contributed by atoms with Crippen molar-refractivity contribution in [3.05, 3.63) is 0 Å². The number of hydrogen-bond acceptors (Lipinski definition) is 2. The number of carboxylic acids is 1. The van der Waals surface area contributed by atoms with E-state index in [-0.39, 0.29) is 5.54 Å². The number of likely N-dealkylation sites (tertiary alicyclic amines) is 1. The molecule has 1 unspecified atom stereocenters. The molecule has 1 fully saturated rings. The average molecular weight is 185 g/mol. The Balaban J connectivity index is 2.69.